The minimum Gasteiger partial charge on any atom is -0.378 e. The van der Waals surface area contributed by atoms with E-state index in [1.807, 2.05) is 43.3 Å². The van der Waals surface area contributed by atoms with Crippen molar-refractivity contribution in [3.05, 3.63) is 53.3 Å². The van der Waals surface area contributed by atoms with E-state index in [1.165, 1.54) is 0 Å². The van der Waals surface area contributed by atoms with Gasteiger partial charge in [-0.05, 0) is 30.3 Å². The standard InChI is InChI=1S/C14H14ClN3O/c1-18(2)11-6-3-5-10(9-11)17-14(19)12-7-4-8-16-13(12)15/h3-9H,1-2H3,(H,17,19). The average Bonchev–Trinajstić information content (AvgIpc) is 2.39. The fraction of sp³-hybridized carbons (Fsp3) is 0.143. The Balaban J connectivity index is 2.20. The molecule has 0 radical (unpaired) electrons. The van der Waals surface area contributed by atoms with Crippen LogP contribution in [-0.2, 0) is 0 Å². The quantitative estimate of drug-likeness (QED) is 0.876. The maximum Gasteiger partial charge on any atom is 0.258 e. The summed E-state index contributed by atoms with van der Waals surface area (Å²) >= 11 is 5.89. The number of hydrogen-bond donors (Lipinski definition) is 1. The first-order valence-corrected chi connectivity index (χ1v) is 6.15. The van der Waals surface area contributed by atoms with Crippen LogP contribution < -0.4 is 10.2 Å². The van der Waals surface area contributed by atoms with E-state index in [0.29, 0.717) is 5.56 Å². The molecule has 0 aliphatic carbocycles. The molecule has 98 valence electrons. The van der Waals surface area contributed by atoms with E-state index in [-0.39, 0.29) is 11.1 Å². The molecule has 2 aromatic rings. The van der Waals surface area contributed by atoms with Gasteiger partial charge in [-0.25, -0.2) is 4.98 Å². The number of benzene rings is 1. The van der Waals surface area contributed by atoms with E-state index in [4.69, 9.17) is 11.6 Å². The fourth-order valence-electron chi connectivity index (χ4n) is 1.62. The van der Waals surface area contributed by atoms with Gasteiger partial charge in [-0.1, -0.05) is 17.7 Å². The van der Waals surface area contributed by atoms with Crippen LogP contribution in [0.4, 0.5) is 11.4 Å². The number of carbonyl (C=O) groups is 1. The third kappa shape index (κ3) is 3.23. The van der Waals surface area contributed by atoms with Gasteiger partial charge in [0.25, 0.3) is 5.91 Å². The van der Waals surface area contributed by atoms with Crippen LogP contribution in [0.2, 0.25) is 5.15 Å². The molecule has 0 spiro atoms. The molecule has 2 rings (SSSR count). The molecule has 0 bridgehead atoms. The van der Waals surface area contributed by atoms with Crippen LogP contribution in [0.3, 0.4) is 0 Å². The van der Waals surface area contributed by atoms with Gasteiger partial charge < -0.3 is 10.2 Å². The van der Waals surface area contributed by atoms with E-state index >= 15 is 0 Å². The van der Waals surface area contributed by atoms with Crippen LogP contribution in [0.25, 0.3) is 0 Å². The Kier molecular flexibility index (Phi) is 4.02. The highest BCUT2D eigenvalue weighted by Gasteiger charge is 2.11. The molecule has 1 aromatic heterocycles. The van der Waals surface area contributed by atoms with Crippen molar-refractivity contribution in [2.75, 3.05) is 24.3 Å². The Morgan fingerprint density at radius 1 is 1.26 bits per heavy atom. The normalized spacial score (nSPS) is 10.1. The van der Waals surface area contributed by atoms with E-state index in [2.05, 4.69) is 10.3 Å². The molecule has 0 fully saturated rings. The van der Waals surface area contributed by atoms with Gasteiger partial charge in [0.2, 0.25) is 0 Å². The maximum absolute atomic E-state index is 12.1. The van der Waals surface area contributed by atoms with Crippen LogP contribution in [0.5, 0.6) is 0 Å². The highest BCUT2D eigenvalue weighted by molar-refractivity contribution is 6.33. The van der Waals surface area contributed by atoms with E-state index < -0.39 is 0 Å². The number of rotatable bonds is 3. The second-order valence-corrected chi connectivity index (χ2v) is 4.60. The SMILES string of the molecule is CN(C)c1cccc(NC(=O)c2cccnc2Cl)c1. The zero-order chi connectivity index (χ0) is 13.8. The highest BCUT2D eigenvalue weighted by Crippen LogP contribution is 2.19. The Labute approximate surface area is 117 Å². The smallest absolute Gasteiger partial charge is 0.258 e. The van der Waals surface area contributed by atoms with Gasteiger partial charge in [-0.2, -0.15) is 0 Å². The number of halogens is 1. The minimum atomic E-state index is -0.269. The number of hydrogen-bond acceptors (Lipinski definition) is 3. The number of nitrogens with zero attached hydrogens (tertiary/aromatic N) is 2. The molecule has 0 atom stereocenters. The fourth-order valence-corrected chi connectivity index (χ4v) is 1.82. The molecule has 0 aliphatic heterocycles. The van der Waals surface area contributed by atoms with Crippen molar-refractivity contribution in [2.45, 2.75) is 0 Å². The second-order valence-electron chi connectivity index (χ2n) is 4.24. The first-order valence-electron chi connectivity index (χ1n) is 5.77. The second kappa shape index (κ2) is 5.71. The van der Waals surface area contributed by atoms with Crippen molar-refractivity contribution in [1.82, 2.24) is 4.98 Å². The Morgan fingerprint density at radius 3 is 2.74 bits per heavy atom. The summed E-state index contributed by atoms with van der Waals surface area (Å²) < 4.78 is 0. The molecule has 4 nitrogen and oxygen atoms in total. The first-order chi connectivity index (χ1) is 9.08. The van der Waals surface area contributed by atoms with Gasteiger partial charge in [0, 0.05) is 31.7 Å². The van der Waals surface area contributed by atoms with E-state index in [9.17, 15) is 4.79 Å². The van der Waals surface area contributed by atoms with Gasteiger partial charge in [-0.15, -0.1) is 0 Å². The highest BCUT2D eigenvalue weighted by atomic mass is 35.5. The third-order valence-electron chi connectivity index (χ3n) is 2.62. The van der Waals surface area contributed by atoms with Gasteiger partial charge >= 0.3 is 0 Å². The monoisotopic (exact) mass is 275 g/mol. The summed E-state index contributed by atoms with van der Waals surface area (Å²) in [5, 5.41) is 3.00. The number of aromatic nitrogens is 1. The van der Waals surface area contributed by atoms with Crippen molar-refractivity contribution in [1.29, 1.82) is 0 Å². The molecular weight excluding hydrogens is 262 g/mol. The van der Waals surface area contributed by atoms with Crippen molar-refractivity contribution in [3.63, 3.8) is 0 Å². The summed E-state index contributed by atoms with van der Waals surface area (Å²) in [6, 6.07) is 10.9. The van der Waals surface area contributed by atoms with Crippen LogP contribution in [0.1, 0.15) is 10.4 Å². The van der Waals surface area contributed by atoms with Gasteiger partial charge in [-0.3, -0.25) is 4.79 Å². The lowest BCUT2D eigenvalue weighted by molar-refractivity contribution is 0.102. The van der Waals surface area contributed by atoms with E-state index in [1.54, 1.807) is 18.3 Å². The Bertz CT molecular complexity index is 599. The number of amides is 1. The lowest BCUT2D eigenvalue weighted by atomic mass is 10.2. The summed E-state index contributed by atoms with van der Waals surface area (Å²) in [6.07, 6.45) is 1.55. The Morgan fingerprint density at radius 2 is 2.05 bits per heavy atom. The summed E-state index contributed by atoms with van der Waals surface area (Å²) in [7, 11) is 3.89. The average molecular weight is 276 g/mol. The third-order valence-corrected chi connectivity index (χ3v) is 2.93. The van der Waals surface area contributed by atoms with Gasteiger partial charge in [0.15, 0.2) is 0 Å². The number of nitrogens with one attached hydrogen (secondary N) is 1. The maximum atomic E-state index is 12.1. The molecule has 0 saturated carbocycles. The van der Waals surface area contributed by atoms with Gasteiger partial charge in [0.05, 0.1) is 5.56 Å². The summed E-state index contributed by atoms with van der Waals surface area (Å²) in [4.78, 5) is 17.9. The molecule has 1 aromatic carbocycles. The lowest BCUT2D eigenvalue weighted by Gasteiger charge is -2.14. The molecule has 0 aliphatic rings. The molecular formula is C14H14ClN3O. The number of pyridine rings is 1. The van der Waals surface area contributed by atoms with E-state index in [0.717, 1.165) is 11.4 Å². The molecule has 1 heterocycles. The van der Waals surface area contributed by atoms with Crippen molar-refractivity contribution < 1.29 is 4.79 Å². The van der Waals surface area contributed by atoms with Crippen molar-refractivity contribution in [2.24, 2.45) is 0 Å². The van der Waals surface area contributed by atoms with Crippen LogP contribution >= 0.6 is 11.6 Å². The molecule has 1 N–H and O–H groups in total. The Hall–Kier alpha value is -2.07. The molecule has 0 unspecified atom stereocenters. The number of anilines is 2. The lowest BCUT2D eigenvalue weighted by Crippen LogP contribution is -2.14. The van der Waals surface area contributed by atoms with Crippen molar-refractivity contribution in [3.8, 4) is 0 Å². The summed E-state index contributed by atoms with van der Waals surface area (Å²) in [6.45, 7) is 0. The first kappa shape index (κ1) is 13.4. The predicted molar refractivity (Wildman–Crippen MR) is 78.0 cm³/mol. The predicted octanol–water partition coefficient (Wildman–Crippen LogP) is 3.05. The molecule has 19 heavy (non-hydrogen) atoms. The molecule has 1 amide bonds. The van der Waals surface area contributed by atoms with Crippen molar-refractivity contribution >= 4 is 28.9 Å². The summed E-state index contributed by atoms with van der Waals surface area (Å²) in [5.74, 6) is -0.269. The summed E-state index contributed by atoms with van der Waals surface area (Å²) in [5.41, 5.74) is 2.09. The van der Waals surface area contributed by atoms with Crippen LogP contribution in [0.15, 0.2) is 42.6 Å². The molecule has 5 heteroatoms. The minimum absolute atomic E-state index is 0.198. The van der Waals surface area contributed by atoms with Crippen LogP contribution in [0, 0.1) is 0 Å². The zero-order valence-electron chi connectivity index (χ0n) is 10.7. The zero-order valence-corrected chi connectivity index (χ0v) is 11.5. The molecule has 0 saturated heterocycles. The number of carbonyl (C=O) groups excluding carboxylic acids is 1. The van der Waals surface area contributed by atoms with Crippen LogP contribution in [-0.4, -0.2) is 25.0 Å². The largest absolute Gasteiger partial charge is 0.378 e. The van der Waals surface area contributed by atoms with Gasteiger partial charge in [0.1, 0.15) is 5.15 Å². The topological polar surface area (TPSA) is 45.2 Å².